The lowest BCUT2D eigenvalue weighted by molar-refractivity contribution is 0.139. The molecule has 0 aliphatic carbocycles. The van der Waals surface area contributed by atoms with Gasteiger partial charge in [0.25, 0.3) is 0 Å². The second-order valence-corrected chi connectivity index (χ2v) is 6.58. The van der Waals surface area contributed by atoms with Crippen molar-refractivity contribution in [2.24, 2.45) is 0 Å². The number of likely N-dealkylation sites (N-methyl/N-ethyl adjacent to an activating group) is 1. The van der Waals surface area contributed by atoms with Crippen molar-refractivity contribution in [2.45, 2.75) is 45.7 Å². The van der Waals surface area contributed by atoms with E-state index >= 15 is 0 Å². The van der Waals surface area contributed by atoms with Crippen LogP contribution in [-0.2, 0) is 6.54 Å². The van der Waals surface area contributed by atoms with Crippen molar-refractivity contribution >= 4 is 11.3 Å². The summed E-state index contributed by atoms with van der Waals surface area (Å²) in [6.45, 7) is 8.00. The number of aryl methyl sites for hydroxylation is 2. The highest BCUT2D eigenvalue weighted by molar-refractivity contribution is 7.12. The van der Waals surface area contributed by atoms with Crippen LogP contribution in [-0.4, -0.2) is 31.1 Å². The van der Waals surface area contributed by atoms with Gasteiger partial charge >= 0.3 is 0 Å². The quantitative estimate of drug-likeness (QED) is 0.886. The molecule has 1 atom stereocenters. The van der Waals surface area contributed by atoms with Crippen molar-refractivity contribution < 1.29 is 0 Å². The second kappa shape index (κ2) is 5.98. The van der Waals surface area contributed by atoms with Crippen LogP contribution in [0.2, 0.25) is 0 Å². The normalized spacial score (nSPS) is 21.9. The van der Waals surface area contributed by atoms with E-state index in [0.717, 1.165) is 19.1 Å². The van der Waals surface area contributed by atoms with E-state index in [-0.39, 0.29) is 0 Å². The van der Waals surface area contributed by atoms with Crippen molar-refractivity contribution in [3.05, 3.63) is 21.4 Å². The topological polar surface area (TPSA) is 15.3 Å². The molecular weight excluding hydrogens is 228 g/mol. The molecular formula is C14H24N2S. The molecule has 0 spiro atoms. The maximum absolute atomic E-state index is 3.33. The molecule has 1 unspecified atom stereocenters. The molecule has 2 heterocycles. The van der Waals surface area contributed by atoms with Crippen molar-refractivity contribution in [1.82, 2.24) is 10.2 Å². The van der Waals surface area contributed by atoms with Gasteiger partial charge in [0, 0.05) is 28.9 Å². The molecule has 0 aromatic carbocycles. The molecule has 1 saturated heterocycles. The monoisotopic (exact) mass is 252 g/mol. The molecule has 17 heavy (non-hydrogen) atoms. The van der Waals surface area contributed by atoms with Crippen molar-refractivity contribution in [2.75, 3.05) is 20.1 Å². The lowest BCUT2D eigenvalue weighted by atomic mass is 10.0. The predicted molar refractivity (Wildman–Crippen MR) is 75.8 cm³/mol. The average Bonchev–Trinajstić information content (AvgIpc) is 2.61. The van der Waals surface area contributed by atoms with Crippen LogP contribution in [0, 0.1) is 13.8 Å². The van der Waals surface area contributed by atoms with Gasteiger partial charge in [-0.2, -0.15) is 0 Å². The summed E-state index contributed by atoms with van der Waals surface area (Å²) >= 11 is 1.93. The summed E-state index contributed by atoms with van der Waals surface area (Å²) in [5, 5.41) is 3.33. The number of nitrogens with zero attached hydrogens (tertiary/aromatic N) is 1. The fraction of sp³-hybridized carbons (Fsp3) is 0.714. The Kier molecular flexibility index (Phi) is 4.60. The highest BCUT2D eigenvalue weighted by Gasteiger charge is 2.22. The summed E-state index contributed by atoms with van der Waals surface area (Å²) in [7, 11) is 2.06. The van der Waals surface area contributed by atoms with E-state index in [1.807, 2.05) is 11.3 Å². The molecule has 2 rings (SSSR count). The number of rotatable bonds is 4. The van der Waals surface area contributed by atoms with Gasteiger partial charge < -0.3 is 5.32 Å². The van der Waals surface area contributed by atoms with Crippen LogP contribution < -0.4 is 5.32 Å². The van der Waals surface area contributed by atoms with E-state index in [1.165, 1.54) is 41.1 Å². The molecule has 96 valence electrons. The Morgan fingerprint density at radius 1 is 1.41 bits per heavy atom. The van der Waals surface area contributed by atoms with E-state index in [4.69, 9.17) is 0 Å². The molecule has 1 aromatic rings. The Labute approximate surface area is 109 Å². The van der Waals surface area contributed by atoms with Gasteiger partial charge in [0.1, 0.15) is 0 Å². The Morgan fingerprint density at radius 2 is 2.24 bits per heavy atom. The summed E-state index contributed by atoms with van der Waals surface area (Å²) in [5.74, 6) is 0. The minimum Gasteiger partial charge on any atom is -0.318 e. The highest BCUT2D eigenvalue weighted by Crippen LogP contribution is 2.25. The third-order valence-electron chi connectivity index (χ3n) is 3.71. The summed E-state index contributed by atoms with van der Waals surface area (Å²) in [6.07, 6.45) is 4.11. The van der Waals surface area contributed by atoms with Crippen LogP contribution in [0.15, 0.2) is 6.07 Å². The van der Waals surface area contributed by atoms with Crippen LogP contribution in [0.25, 0.3) is 0 Å². The fourth-order valence-corrected chi connectivity index (χ4v) is 3.73. The summed E-state index contributed by atoms with van der Waals surface area (Å²) in [4.78, 5) is 5.60. The SMILES string of the molecule is CNCC1CCCCN1Cc1cc(C)sc1C. The highest BCUT2D eigenvalue weighted by atomic mass is 32.1. The molecule has 2 nitrogen and oxygen atoms in total. The number of piperidine rings is 1. The zero-order chi connectivity index (χ0) is 12.3. The summed E-state index contributed by atoms with van der Waals surface area (Å²) in [6, 6.07) is 3.10. The molecule has 0 radical (unpaired) electrons. The van der Waals surface area contributed by atoms with Gasteiger partial charge in [-0.15, -0.1) is 11.3 Å². The Bertz CT molecular complexity index is 357. The van der Waals surface area contributed by atoms with E-state index in [1.54, 1.807) is 0 Å². The molecule has 1 aliphatic rings. The third kappa shape index (κ3) is 3.30. The summed E-state index contributed by atoms with van der Waals surface area (Å²) in [5.41, 5.74) is 1.54. The first kappa shape index (κ1) is 13.1. The van der Waals surface area contributed by atoms with Gasteiger partial charge in [0.05, 0.1) is 0 Å². The second-order valence-electron chi connectivity index (χ2n) is 5.12. The largest absolute Gasteiger partial charge is 0.318 e. The van der Waals surface area contributed by atoms with Gasteiger partial charge in [0.2, 0.25) is 0 Å². The van der Waals surface area contributed by atoms with E-state index in [9.17, 15) is 0 Å². The molecule has 0 amide bonds. The lowest BCUT2D eigenvalue weighted by Crippen LogP contribution is -2.44. The molecule has 1 fully saturated rings. The molecule has 1 aromatic heterocycles. The lowest BCUT2D eigenvalue weighted by Gasteiger charge is -2.35. The van der Waals surface area contributed by atoms with Crippen molar-refractivity contribution in [3.63, 3.8) is 0 Å². The number of thiophene rings is 1. The Morgan fingerprint density at radius 3 is 2.88 bits per heavy atom. The van der Waals surface area contributed by atoms with Crippen LogP contribution in [0.3, 0.4) is 0 Å². The number of likely N-dealkylation sites (tertiary alicyclic amines) is 1. The zero-order valence-corrected chi connectivity index (χ0v) is 12.1. The van der Waals surface area contributed by atoms with Gasteiger partial charge in [-0.25, -0.2) is 0 Å². The van der Waals surface area contributed by atoms with Crippen LogP contribution in [0.4, 0.5) is 0 Å². The van der Waals surface area contributed by atoms with Crippen LogP contribution >= 0.6 is 11.3 Å². The zero-order valence-electron chi connectivity index (χ0n) is 11.3. The van der Waals surface area contributed by atoms with Crippen molar-refractivity contribution in [3.8, 4) is 0 Å². The number of hydrogen-bond donors (Lipinski definition) is 1. The average molecular weight is 252 g/mol. The maximum atomic E-state index is 3.33. The molecule has 3 heteroatoms. The van der Waals surface area contributed by atoms with Crippen LogP contribution in [0.5, 0.6) is 0 Å². The minimum atomic E-state index is 0.730. The number of hydrogen-bond acceptors (Lipinski definition) is 3. The molecule has 0 saturated carbocycles. The van der Waals surface area contributed by atoms with Crippen LogP contribution in [0.1, 0.15) is 34.6 Å². The van der Waals surface area contributed by atoms with Gasteiger partial charge in [-0.05, 0) is 51.9 Å². The first-order valence-electron chi connectivity index (χ1n) is 6.65. The first-order valence-corrected chi connectivity index (χ1v) is 7.47. The van der Waals surface area contributed by atoms with Gasteiger partial charge in [-0.1, -0.05) is 6.42 Å². The summed E-state index contributed by atoms with van der Waals surface area (Å²) < 4.78 is 0. The van der Waals surface area contributed by atoms with Gasteiger partial charge in [0.15, 0.2) is 0 Å². The predicted octanol–water partition coefficient (Wildman–Crippen LogP) is 2.94. The molecule has 1 aliphatic heterocycles. The van der Waals surface area contributed by atoms with E-state index < -0.39 is 0 Å². The Hall–Kier alpha value is -0.380. The van der Waals surface area contributed by atoms with Crippen molar-refractivity contribution in [1.29, 1.82) is 0 Å². The van der Waals surface area contributed by atoms with Gasteiger partial charge in [-0.3, -0.25) is 4.90 Å². The first-order chi connectivity index (χ1) is 8.20. The Balaban J connectivity index is 2.02. The third-order valence-corrected chi connectivity index (χ3v) is 4.71. The smallest absolute Gasteiger partial charge is 0.0248 e. The van der Waals surface area contributed by atoms with E-state index in [2.05, 4.69) is 37.2 Å². The standard InChI is InChI=1S/C14H24N2S/c1-11-8-13(12(2)17-11)10-16-7-5-4-6-14(16)9-15-3/h8,14-15H,4-7,9-10H2,1-3H3. The minimum absolute atomic E-state index is 0.730. The van der Waals surface area contributed by atoms with E-state index in [0.29, 0.717) is 0 Å². The molecule has 1 N–H and O–H groups in total. The fourth-order valence-electron chi connectivity index (χ4n) is 2.79. The molecule has 0 bridgehead atoms. The maximum Gasteiger partial charge on any atom is 0.0248 e. The number of nitrogens with one attached hydrogen (secondary N) is 1.